The lowest BCUT2D eigenvalue weighted by atomic mass is 9.98. The minimum atomic E-state index is -2.02. The summed E-state index contributed by atoms with van der Waals surface area (Å²) in [5.74, 6) is -3.60. The first-order valence-electron chi connectivity index (χ1n) is 19.2. The Morgan fingerprint density at radius 1 is 0.547 bits per heavy atom. The van der Waals surface area contributed by atoms with Crippen LogP contribution < -0.4 is 18.9 Å². The summed E-state index contributed by atoms with van der Waals surface area (Å²) in [5, 5.41) is 83.9. The van der Waals surface area contributed by atoms with Crippen LogP contribution in [0.15, 0.2) is 66.8 Å². The molecule has 21 heteroatoms. The highest BCUT2D eigenvalue weighted by Crippen LogP contribution is 2.38. The quantitative estimate of drug-likeness (QED) is 0.0521. The van der Waals surface area contributed by atoms with E-state index in [-0.39, 0.29) is 40.2 Å². The zero-order chi connectivity index (χ0) is 46.7. The van der Waals surface area contributed by atoms with E-state index in [4.69, 9.17) is 47.4 Å². The van der Waals surface area contributed by atoms with Crippen molar-refractivity contribution < 1.29 is 103 Å². The monoisotopic (exact) mass is 900 g/mol. The molecule has 0 saturated carbocycles. The van der Waals surface area contributed by atoms with E-state index in [1.807, 2.05) is 0 Å². The molecule has 0 aliphatic carbocycles. The average molecular weight is 901 g/mol. The van der Waals surface area contributed by atoms with Crippen LogP contribution in [-0.2, 0) is 42.8 Å². The Hall–Kier alpha value is -6.43. The summed E-state index contributed by atoms with van der Waals surface area (Å²) in [5.41, 5.74) is 1.11. The van der Waals surface area contributed by atoms with Gasteiger partial charge in [0.2, 0.25) is 12.0 Å². The molecule has 2 heterocycles. The van der Waals surface area contributed by atoms with Gasteiger partial charge in [-0.05, 0) is 71.3 Å². The molecule has 2 aliphatic rings. The average Bonchev–Trinajstić information content (AvgIpc) is 3.29. The highest BCUT2D eigenvalue weighted by atomic mass is 16.8. The Kier molecular flexibility index (Phi) is 16.9. The molecule has 0 radical (unpaired) electrons. The van der Waals surface area contributed by atoms with Crippen LogP contribution >= 0.6 is 0 Å². The van der Waals surface area contributed by atoms with Crippen LogP contribution in [0.5, 0.6) is 40.2 Å². The molecule has 346 valence electrons. The number of carbonyl (C=O) groups excluding carboxylic acids is 3. The summed E-state index contributed by atoms with van der Waals surface area (Å²) in [4.78, 5) is 39.2. The minimum absolute atomic E-state index is 0.0200. The molecule has 2 saturated heterocycles. The summed E-state index contributed by atoms with van der Waals surface area (Å²) in [6, 6.07) is 11.2. The Morgan fingerprint density at radius 3 is 1.42 bits per heavy atom. The number of aromatic hydroxyl groups is 3. The topological polar surface area (TPSA) is 305 Å². The summed E-state index contributed by atoms with van der Waals surface area (Å²) in [7, 11) is 5.26. The number of hydrogen-bond acceptors (Lipinski definition) is 21. The summed E-state index contributed by atoms with van der Waals surface area (Å²) >= 11 is 0. The maximum atomic E-state index is 13.2. The second-order valence-electron chi connectivity index (χ2n) is 13.9. The van der Waals surface area contributed by atoms with Crippen LogP contribution in [0.4, 0.5) is 0 Å². The molecule has 64 heavy (non-hydrogen) atoms. The molecule has 8 N–H and O–H groups in total. The molecule has 2 aliphatic heterocycles. The molecule has 3 aromatic carbocycles. The van der Waals surface area contributed by atoms with E-state index in [1.165, 1.54) is 95.2 Å². The molecule has 5 rings (SSSR count). The highest BCUT2D eigenvalue weighted by Gasteiger charge is 2.51. The molecule has 0 spiro atoms. The second-order valence-corrected chi connectivity index (χ2v) is 13.9. The van der Waals surface area contributed by atoms with Gasteiger partial charge in [-0.3, -0.25) is 0 Å². The second kappa shape index (κ2) is 22.3. The molecular formula is C43H48O21. The molecule has 3 aromatic rings. The molecule has 0 unspecified atom stereocenters. The molecule has 2 fully saturated rings. The third kappa shape index (κ3) is 12.0. The number of methoxy groups -OCH3 is 4. The van der Waals surface area contributed by atoms with Gasteiger partial charge in [0.25, 0.3) is 0 Å². The lowest BCUT2D eigenvalue weighted by molar-refractivity contribution is -0.328. The minimum Gasteiger partial charge on any atom is -0.504 e. The van der Waals surface area contributed by atoms with Crippen molar-refractivity contribution in [3.8, 4) is 40.2 Å². The standard InChI is InChI=1S/C43H48O21/c1-55-26-15-21(5-10-24(26)45)7-12-32(47)62-40-38(53)36(51)30(19-44)60-42(40)59-20-31-37(52)39(54)41(63-33(48)13-8-22-6-11-25(46)27(16-22)56-2)43(61-31)64-34(49)14-9-23-17-28(57-3)35(50)29(18-23)58-4/h5-18,30-31,36-46,50-54H,19-20H2,1-4H3/b12-7+,13-8+,14-9+/t30-,31-,36-,37-,38+,39+,40-,41-,42-,43+/m1/s1. The normalized spacial score (nSPS) is 25.8. The first-order valence-corrected chi connectivity index (χ1v) is 19.2. The maximum absolute atomic E-state index is 13.2. The van der Waals surface area contributed by atoms with Crippen LogP contribution in [0.25, 0.3) is 18.2 Å². The smallest absolute Gasteiger partial charge is 0.333 e. The van der Waals surface area contributed by atoms with Crippen molar-refractivity contribution in [2.75, 3.05) is 41.7 Å². The molecule has 21 nitrogen and oxygen atoms in total. The van der Waals surface area contributed by atoms with Crippen molar-refractivity contribution >= 4 is 36.1 Å². The van der Waals surface area contributed by atoms with Gasteiger partial charge in [0.05, 0.1) is 41.7 Å². The van der Waals surface area contributed by atoms with Gasteiger partial charge in [0.15, 0.2) is 53.0 Å². The fourth-order valence-corrected chi connectivity index (χ4v) is 6.37. The van der Waals surface area contributed by atoms with Gasteiger partial charge in [-0.2, -0.15) is 0 Å². The van der Waals surface area contributed by atoms with E-state index in [9.17, 15) is 55.2 Å². The predicted octanol–water partition coefficient (Wildman–Crippen LogP) is 0.547. The number of aliphatic hydroxyl groups is 5. The first kappa shape index (κ1) is 48.6. The van der Waals surface area contributed by atoms with Crippen molar-refractivity contribution in [2.45, 2.75) is 61.4 Å². The fourth-order valence-electron chi connectivity index (χ4n) is 6.37. The number of rotatable bonds is 17. The van der Waals surface area contributed by atoms with Gasteiger partial charge in [0, 0.05) is 18.2 Å². The van der Waals surface area contributed by atoms with Crippen LogP contribution in [0.3, 0.4) is 0 Å². The van der Waals surface area contributed by atoms with Crippen molar-refractivity contribution in [1.82, 2.24) is 0 Å². The van der Waals surface area contributed by atoms with Gasteiger partial charge < -0.3 is 88.2 Å². The number of phenolic OH excluding ortho intramolecular Hbond substituents is 3. The number of aliphatic hydroxyl groups excluding tert-OH is 5. The molecule has 0 aromatic heterocycles. The molecule has 0 amide bonds. The first-order chi connectivity index (χ1) is 30.6. The van der Waals surface area contributed by atoms with E-state index in [0.29, 0.717) is 16.7 Å². The molecule has 0 bridgehead atoms. The highest BCUT2D eigenvalue weighted by molar-refractivity contribution is 5.89. The maximum Gasteiger partial charge on any atom is 0.333 e. The third-order valence-corrected chi connectivity index (χ3v) is 9.78. The van der Waals surface area contributed by atoms with Crippen LogP contribution in [0.1, 0.15) is 16.7 Å². The largest absolute Gasteiger partial charge is 0.504 e. The predicted molar refractivity (Wildman–Crippen MR) is 218 cm³/mol. The molecule has 10 atom stereocenters. The fraction of sp³-hybridized carbons (Fsp3) is 0.372. The van der Waals surface area contributed by atoms with Crippen LogP contribution in [0.2, 0.25) is 0 Å². The van der Waals surface area contributed by atoms with E-state index in [0.717, 1.165) is 18.2 Å². The van der Waals surface area contributed by atoms with Crippen molar-refractivity contribution in [3.63, 3.8) is 0 Å². The van der Waals surface area contributed by atoms with E-state index in [1.54, 1.807) is 0 Å². The zero-order valence-electron chi connectivity index (χ0n) is 34.7. The number of esters is 3. The van der Waals surface area contributed by atoms with Gasteiger partial charge in [0.1, 0.15) is 36.6 Å². The Bertz CT molecular complexity index is 2160. The lowest BCUT2D eigenvalue weighted by Crippen LogP contribution is -2.63. The van der Waals surface area contributed by atoms with E-state index < -0.39 is 92.5 Å². The van der Waals surface area contributed by atoms with Crippen molar-refractivity contribution in [1.29, 1.82) is 0 Å². The van der Waals surface area contributed by atoms with Crippen LogP contribution in [-0.4, -0.2) is 162 Å². The summed E-state index contributed by atoms with van der Waals surface area (Å²) in [6.07, 6.45) is -11.4. The van der Waals surface area contributed by atoms with Gasteiger partial charge in [-0.1, -0.05) is 12.1 Å². The number of carbonyl (C=O) groups is 3. The van der Waals surface area contributed by atoms with Gasteiger partial charge >= 0.3 is 17.9 Å². The van der Waals surface area contributed by atoms with Crippen molar-refractivity contribution in [2.24, 2.45) is 0 Å². The summed E-state index contributed by atoms with van der Waals surface area (Å²) < 4.78 is 53.9. The number of hydrogen-bond donors (Lipinski definition) is 8. The Labute approximate surface area is 365 Å². The SMILES string of the molecule is COc1cc(/C=C/C(=O)O[C@H]2[C@H](OC[C@H]3O[C@@H](OC(=O)/C=C/c4cc(OC)c(O)c(OC)c4)[C@H](OC(=O)/C=C/c4ccc(O)c(OC)c4)[C@@H](O)[C@@H]3O)O[C@H](CO)[C@@H](O)[C@@H]2O)ccc1O. The van der Waals surface area contributed by atoms with Crippen LogP contribution in [0, 0.1) is 0 Å². The van der Waals surface area contributed by atoms with Gasteiger partial charge in [-0.15, -0.1) is 0 Å². The number of ether oxygens (including phenoxy) is 10. The molecular weight excluding hydrogens is 852 g/mol. The van der Waals surface area contributed by atoms with Crippen molar-refractivity contribution in [3.05, 3.63) is 83.4 Å². The summed E-state index contributed by atoms with van der Waals surface area (Å²) in [6.45, 7) is -1.58. The third-order valence-electron chi connectivity index (χ3n) is 9.78. The Balaban J connectivity index is 1.35. The Morgan fingerprint density at radius 2 is 0.953 bits per heavy atom. The zero-order valence-corrected chi connectivity index (χ0v) is 34.7. The van der Waals surface area contributed by atoms with E-state index >= 15 is 0 Å². The van der Waals surface area contributed by atoms with Gasteiger partial charge in [-0.25, -0.2) is 14.4 Å². The number of benzene rings is 3. The van der Waals surface area contributed by atoms with E-state index in [2.05, 4.69) is 0 Å². The lowest BCUT2D eigenvalue weighted by Gasteiger charge is -2.43. The number of phenols is 3.